The zero-order valence-corrected chi connectivity index (χ0v) is 15.1. The monoisotopic (exact) mass is 369 g/mol. The molecular formula is C19H19N3O3S. The molecule has 7 heteroatoms. The van der Waals surface area contributed by atoms with Crippen molar-refractivity contribution in [3.05, 3.63) is 60.2 Å². The first-order valence-corrected chi connectivity index (χ1v) is 9.10. The predicted molar refractivity (Wildman–Crippen MR) is 101 cm³/mol. The fourth-order valence-electron chi connectivity index (χ4n) is 2.55. The zero-order valence-electron chi connectivity index (χ0n) is 14.3. The number of nitrogens with zero attached hydrogens (tertiary/aromatic N) is 1. The van der Waals surface area contributed by atoms with Gasteiger partial charge in [0.25, 0.3) is 0 Å². The highest BCUT2D eigenvalue weighted by Crippen LogP contribution is 2.24. The lowest BCUT2D eigenvalue weighted by molar-refractivity contribution is -0.125. The van der Waals surface area contributed by atoms with Crippen LogP contribution in [0.5, 0.6) is 0 Å². The van der Waals surface area contributed by atoms with Crippen LogP contribution in [-0.2, 0) is 16.1 Å². The second kappa shape index (κ2) is 8.05. The van der Waals surface area contributed by atoms with Gasteiger partial charge in [-0.2, -0.15) is 0 Å². The molecule has 2 aromatic carbocycles. The van der Waals surface area contributed by atoms with Gasteiger partial charge in [0.05, 0.1) is 18.3 Å². The molecule has 1 aliphatic rings. The molecule has 4 amide bonds. The van der Waals surface area contributed by atoms with Crippen LogP contribution in [0.4, 0.5) is 10.5 Å². The Morgan fingerprint density at radius 3 is 2.65 bits per heavy atom. The Bertz CT molecular complexity index is 810. The number of hydrogen-bond donors (Lipinski definition) is 2. The number of benzene rings is 2. The summed E-state index contributed by atoms with van der Waals surface area (Å²) >= 11 is 1.48. The molecule has 0 aromatic heterocycles. The average molecular weight is 369 g/mol. The number of rotatable bonds is 6. The number of carbonyl (C=O) groups excluding carboxylic acids is 3. The Hall–Kier alpha value is -2.80. The summed E-state index contributed by atoms with van der Waals surface area (Å²) < 4.78 is 0. The van der Waals surface area contributed by atoms with E-state index in [-0.39, 0.29) is 30.2 Å². The lowest BCUT2D eigenvalue weighted by Crippen LogP contribution is -2.30. The molecule has 0 aliphatic carbocycles. The Kier molecular flexibility index (Phi) is 5.58. The van der Waals surface area contributed by atoms with Gasteiger partial charge in [-0.05, 0) is 36.8 Å². The lowest BCUT2D eigenvalue weighted by atomic mass is 10.2. The number of carbonyl (C=O) groups is 3. The maximum Gasteiger partial charge on any atom is 0.324 e. The predicted octanol–water partition coefficient (Wildman–Crippen LogP) is 2.86. The highest BCUT2D eigenvalue weighted by atomic mass is 32.2. The second-order valence-electron chi connectivity index (χ2n) is 5.90. The number of hydrogen-bond acceptors (Lipinski definition) is 4. The van der Waals surface area contributed by atoms with E-state index in [0.717, 1.165) is 15.4 Å². The molecule has 0 radical (unpaired) electrons. The minimum Gasteiger partial charge on any atom is -0.329 e. The standard InChI is InChI=1S/C19H19N3O3S/c1-13(26-16-8-3-2-4-9-16)18(24)21-15-7-5-6-14(10-15)12-22-17(23)11-20-19(22)25/h2-10,13H,11-12H2,1H3,(H,20,25)(H,21,24). The molecule has 3 rings (SSSR count). The number of nitrogens with one attached hydrogen (secondary N) is 2. The average Bonchev–Trinajstić information content (AvgIpc) is 2.95. The third-order valence-corrected chi connectivity index (χ3v) is 5.01. The van der Waals surface area contributed by atoms with Crippen molar-refractivity contribution in [2.75, 3.05) is 11.9 Å². The van der Waals surface area contributed by atoms with Gasteiger partial charge in [0, 0.05) is 10.6 Å². The van der Waals surface area contributed by atoms with Gasteiger partial charge in [0.1, 0.15) is 0 Å². The van der Waals surface area contributed by atoms with Gasteiger partial charge in [0.2, 0.25) is 11.8 Å². The molecule has 134 valence electrons. The topological polar surface area (TPSA) is 78.5 Å². The van der Waals surface area contributed by atoms with E-state index in [1.54, 1.807) is 18.2 Å². The molecule has 2 N–H and O–H groups in total. The smallest absolute Gasteiger partial charge is 0.324 e. The Morgan fingerprint density at radius 2 is 1.96 bits per heavy atom. The van der Waals surface area contributed by atoms with Gasteiger partial charge in [-0.25, -0.2) is 4.79 Å². The van der Waals surface area contributed by atoms with Crippen molar-refractivity contribution in [2.24, 2.45) is 0 Å². The quantitative estimate of drug-likeness (QED) is 0.606. The normalized spacial score (nSPS) is 14.9. The first-order chi connectivity index (χ1) is 12.5. The van der Waals surface area contributed by atoms with Crippen molar-refractivity contribution in [1.29, 1.82) is 0 Å². The van der Waals surface area contributed by atoms with Crippen molar-refractivity contribution in [3.63, 3.8) is 0 Å². The second-order valence-corrected chi connectivity index (χ2v) is 7.32. The summed E-state index contributed by atoms with van der Waals surface area (Å²) in [7, 11) is 0. The fourth-order valence-corrected chi connectivity index (χ4v) is 3.43. The summed E-state index contributed by atoms with van der Waals surface area (Å²) in [6, 6.07) is 16.5. The maximum atomic E-state index is 12.4. The van der Waals surface area contributed by atoms with Crippen LogP contribution in [-0.4, -0.2) is 34.5 Å². The molecular weight excluding hydrogens is 350 g/mol. The lowest BCUT2D eigenvalue weighted by Gasteiger charge is -2.15. The van der Waals surface area contributed by atoms with Gasteiger partial charge < -0.3 is 10.6 Å². The SMILES string of the molecule is CC(Sc1ccccc1)C(=O)Nc1cccc(CN2C(=O)CNC2=O)c1. The molecule has 6 nitrogen and oxygen atoms in total. The van der Waals surface area contributed by atoms with Crippen molar-refractivity contribution in [3.8, 4) is 0 Å². The minimum absolute atomic E-state index is 0.0312. The van der Waals surface area contributed by atoms with Gasteiger partial charge in [0.15, 0.2) is 0 Å². The third kappa shape index (κ3) is 4.43. The Balaban J connectivity index is 1.62. The van der Waals surface area contributed by atoms with E-state index in [9.17, 15) is 14.4 Å². The molecule has 1 fully saturated rings. The van der Waals surface area contributed by atoms with Crippen LogP contribution in [0.2, 0.25) is 0 Å². The van der Waals surface area contributed by atoms with Crippen molar-refractivity contribution >= 4 is 35.3 Å². The highest BCUT2D eigenvalue weighted by molar-refractivity contribution is 8.00. The maximum absolute atomic E-state index is 12.4. The number of imide groups is 1. The van der Waals surface area contributed by atoms with Crippen LogP contribution in [0.15, 0.2) is 59.5 Å². The van der Waals surface area contributed by atoms with Crippen molar-refractivity contribution < 1.29 is 14.4 Å². The molecule has 1 aliphatic heterocycles. The van der Waals surface area contributed by atoms with Gasteiger partial charge in [-0.3, -0.25) is 14.5 Å². The van der Waals surface area contributed by atoms with Crippen molar-refractivity contribution in [1.82, 2.24) is 10.2 Å². The van der Waals surface area contributed by atoms with E-state index in [1.165, 1.54) is 11.8 Å². The summed E-state index contributed by atoms with van der Waals surface area (Å²) in [5, 5.41) is 5.12. The van der Waals surface area contributed by atoms with Crippen LogP contribution in [0.1, 0.15) is 12.5 Å². The summed E-state index contributed by atoms with van der Waals surface area (Å²) in [5.41, 5.74) is 1.41. The first kappa shape index (κ1) is 18.0. The van der Waals surface area contributed by atoms with Crippen LogP contribution < -0.4 is 10.6 Å². The molecule has 1 unspecified atom stereocenters. The number of thioether (sulfide) groups is 1. The van der Waals surface area contributed by atoms with E-state index >= 15 is 0 Å². The minimum atomic E-state index is -0.391. The van der Waals surface area contributed by atoms with E-state index in [4.69, 9.17) is 0 Å². The number of anilines is 1. The van der Waals surface area contributed by atoms with Gasteiger partial charge in [-0.15, -0.1) is 11.8 Å². The number of amides is 4. The third-order valence-electron chi connectivity index (χ3n) is 3.90. The summed E-state index contributed by atoms with van der Waals surface area (Å²) in [5.74, 6) is -0.358. The summed E-state index contributed by atoms with van der Waals surface area (Å²) in [6.07, 6.45) is 0. The molecule has 0 spiro atoms. The number of urea groups is 1. The molecule has 0 saturated carbocycles. The molecule has 1 saturated heterocycles. The largest absolute Gasteiger partial charge is 0.329 e. The summed E-state index contributed by atoms with van der Waals surface area (Å²) in [4.78, 5) is 37.9. The van der Waals surface area contributed by atoms with Gasteiger partial charge >= 0.3 is 6.03 Å². The van der Waals surface area contributed by atoms with Crippen LogP contribution in [0.25, 0.3) is 0 Å². The Morgan fingerprint density at radius 1 is 1.19 bits per heavy atom. The van der Waals surface area contributed by atoms with E-state index in [2.05, 4.69) is 10.6 Å². The van der Waals surface area contributed by atoms with Crippen LogP contribution in [0.3, 0.4) is 0 Å². The molecule has 26 heavy (non-hydrogen) atoms. The molecule has 2 aromatic rings. The molecule has 1 atom stereocenters. The first-order valence-electron chi connectivity index (χ1n) is 8.22. The van der Waals surface area contributed by atoms with E-state index in [0.29, 0.717) is 5.69 Å². The van der Waals surface area contributed by atoms with Gasteiger partial charge in [-0.1, -0.05) is 30.3 Å². The van der Waals surface area contributed by atoms with Crippen LogP contribution in [0, 0.1) is 0 Å². The van der Waals surface area contributed by atoms with E-state index < -0.39 is 6.03 Å². The fraction of sp³-hybridized carbons (Fsp3) is 0.211. The Labute approximate surface area is 156 Å². The van der Waals surface area contributed by atoms with Crippen molar-refractivity contribution in [2.45, 2.75) is 23.6 Å². The zero-order chi connectivity index (χ0) is 18.5. The molecule has 1 heterocycles. The summed E-state index contributed by atoms with van der Waals surface area (Å²) in [6.45, 7) is 2.07. The highest BCUT2D eigenvalue weighted by Gasteiger charge is 2.28. The van der Waals surface area contributed by atoms with E-state index in [1.807, 2.05) is 43.3 Å². The molecule has 0 bridgehead atoms. The van der Waals surface area contributed by atoms with Crippen LogP contribution >= 0.6 is 11.8 Å².